The fourth-order valence-corrected chi connectivity index (χ4v) is 1.93. The quantitative estimate of drug-likeness (QED) is 0.613. The number of hydrogen-bond acceptors (Lipinski definition) is 4. The van der Waals surface area contributed by atoms with Crippen molar-refractivity contribution in [2.75, 3.05) is 25.5 Å². The van der Waals surface area contributed by atoms with Crippen LogP contribution in [0.2, 0.25) is 0 Å². The molecule has 1 aliphatic heterocycles. The number of carbonyl (C=O) groups is 1. The van der Waals surface area contributed by atoms with E-state index >= 15 is 0 Å². The molecule has 3 N–H and O–H groups in total. The van der Waals surface area contributed by atoms with Crippen LogP contribution in [-0.4, -0.2) is 42.6 Å². The molecule has 0 saturated carbocycles. The van der Waals surface area contributed by atoms with Crippen LogP contribution in [0.4, 0.5) is 0 Å². The zero-order valence-corrected chi connectivity index (χ0v) is 8.97. The molecule has 0 spiro atoms. The first-order valence-corrected chi connectivity index (χ1v) is 5.47. The lowest BCUT2D eigenvalue weighted by molar-refractivity contribution is -0.122. The lowest BCUT2D eigenvalue weighted by Crippen LogP contribution is -2.23. The number of carbonyl (C=O) groups excluding carboxylic acids is 1. The summed E-state index contributed by atoms with van der Waals surface area (Å²) in [6.07, 6.45) is 0. The Morgan fingerprint density at radius 3 is 3.21 bits per heavy atom. The zero-order chi connectivity index (χ0) is 10.4. The van der Waals surface area contributed by atoms with Gasteiger partial charge in [-0.15, -0.1) is 0 Å². The normalized spacial score (nSPS) is 23.8. The van der Waals surface area contributed by atoms with E-state index in [0.717, 1.165) is 10.9 Å². The van der Waals surface area contributed by atoms with Gasteiger partial charge in [0.2, 0.25) is 5.91 Å². The third-order valence-corrected chi connectivity index (χ3v) is 2.76. The fraction of sp³-hybridized carbons (Fsp3) is 0.750. The number of primary amides is 1. The first-order valence-electron chi connectivity index (χ1n) is 4.48. The van der Waals surface area contributed by atoms with Gasteiger partial charge in [0, 0.05) is 11.8 Å². The van der Waals surface area contributed by atoms with Crippen molar-refractivity contribution in [1.82, 2.24) is 5.32 Å². The molecule has 1 saturated heterocycles. The topological polar surface area (TPSA) is 76.7 Å². The average Bonchev–Trinajstić information content (AvgIpc) is 2.50. The van der Waals surface area contributed by atoms with Gasteiger partial charge in [0.1, 0.15) is 6.61 Å². The van der Waals surface area contributed by atoms with Crippen molar-refractivity contribution in [3.8, 4) is 0 Å². The summed E-state index contributed by atoms with van der Waals surface area (Å²) in [6, 6.07) is 0.491. The smallest absolute Gasteiger partial charge is 0.243 e. The van der Waals surface area contributed by atoms with Crippen LogP contribution in [0.3, 0.4) is 0 Å². The second kappa shape index (κ2) is 5.87. The minimum Gasteiger partial charge on any atom is -0.370 e. The van der Waals surface area contributed by atoms with Gasteiger partial charge in [0.05, 0.1) is 13.2 Å². The highest BCUT2D eigenvalue weighted by atomic mass is 32.2. The summed E-state index contributed by atoms with van der Waals surface area (Å²) in [5, 5.41) is 4.18. The number of hydrogen-bond donors (Lipinski definition) is 2. The van der Waals surface area contributed by atoms with E-state index in [4.69, 9.17) is 10.5 Å². The average molecular weight is 217 g/mol. The zero-order valence-electron chi connectivity index (χ0n) is 8.16. The van der Waals surface area contributed by atoms with E-state index in [1.807, 2.05) is 0 Å². The maximum Gasteiger partial charge on any atom is 0.243 e. The van der Waals surface area contributed by atoms with Crippen LogP contribution in [-0.2, 0) is 9.53 Å². The van der Waals surface area contributed by atoms with Gasteiger partial charge in [-0.3, -0.25) is 9.79 Å². The second-order valence-electron chi connectivity index (χ2n) is 3.06. The Kier molecular flexibility index (Phi) is 4.75. The highest BCUT2D eigenvalue weighted by Gasteiger charge is 2.14. The number of amidine groups is 1. The molecule has 0 aromatic carbocycles. The van der Waals surface area contributed by atoms with Crippen LogP contribution < -0.4 is 11.1 Å². The van der Waals surface area contributed by atoms with E-state index in [2.05, 4.69) is 17.2 Å². The van der Waals surface area contributed by atoms with Crippen molar-refractivity contribution in [2.45, 2.75) is 13.0 Å². The van der Waals surface area contributed by atoms with Gasteiger partial charge in [0.15, 0.2) is 5.17 Å². The fourth-order valence-electron chi connectivity index (χ4n) is 0.974. The maximum atomic E-state index is 10.3. The number of nitrogens with zero attached hydrogens (tertiary/aromatic N) is 1. The Labute approximate surface area is 87.5 Å². The number of aliphatic imine (C=N–C) groups is 1. The summed E-state index contributed by atoms with van der Waals surface area (Å²) in [5.41, 5.74) is 4.90. The summed E-state index contributed by atoms with van der Waals surface area (Å²) < 4.78 is 4.96. The van der Waals surface area contributed by atoms with Crippen molar-refractivity contribution in [3.05, 3.63) is 0 Å². The van der Waals surface area contributed by atoms with Crippen LogP contribution >= 0.6 is 11.8 Å². The molecular formula is C8H15N3O2S. The second-order valence-corrected chi connectivity index (χ2v) is 4.07. The third kappa shape index (κ3) is 4.48. The summed E-state index contributed by atoms with van der Waals surface area (Å²) in [4.78, 5) is 14.6. The van der Waals surface area contributed by atoms with Gasteiger partial charge in [-0.1, -0.05) is 11.8 Å². The monoisotopic (exact) mass is 217 g/mol. The molecule has 0 bridgehead atoms. The van der Waals surface area contributed by atoms with Crippen LogP contribution in [0.5, 0.6) is 0 Å². The Bertz CT molecular complexity index is 233. The van der Waals surface area contributed by atoms with E-state index in [9.17, 15) is 4.79 Å². The van der Waals surface area contributed by atoms with Gasteiger partial charge in [-0.2, -0.15) is 0 Å². The largest absolute Gasteiger partial charge is 0.370 e. The number of nitrogens with one attached hydrogen (secondary N) is 1. The molecule has 0 aromatic rings. The van der Waals surface area contributed by atoms with Crippen molar-refractivity contribution in [2.24, 2.45) is 10.7 Å². The molecule has 0 aromatic heterocycles. The molecule has 6 heteroatoms. The number of rotatable bonds is 5. The van der Waals surface area contributed by atoms with Gasteiger partial charge in [0.25, 0.3) is 0 Å². The Balaban J connectivity index is 2.05. The number of ether oxygens (including phenoxy) is 1. The maximum absolute atomic E-state index is 10.3. The Hall–Kier alpha value is -0.750. The van der Waals surface area contributed by atoms with Gasteiger partial charge in [-0.05, 0) is 6.92 Å². The molecule has 80 valence electrons. The number of nitrogens with two attached hydrogens (primary N) is 1. The predicted octanol–water partition coefficient (Wildman–Crippen LogP) is -0.431. The summed E-state index contributed by atoms with van der Waals surface area (Å²) in [6.45, 7) is 3.08. The minimum atomic E-state index is -0.445. The van der Waals surface area contributed by atoms with Crippen LogP contribution in [0, 0.1) is 0 Å². The van der Waals surface area contributed by atoms with Crippen LogP contribution in [0.15, 0.2) is 4.99 Å². The Morgan fingerprint density at radius 2 is 2.64 bits per heavy atom. The molecule has 1 unspecified atom stereocenters. The first kappa shape index (κ1) is 11.3. The number of amides is 1. The standard InChI is InChI=1S/C8H15N3O2S/c1-6-5-14-8(11-6)10-2-3-13-4-7(9)12/h6H,2-5H2,1H3,(H2,9,12)(H,10,11). The summed E-state index contributed by atoms with van der Waals surface area (Å²) >= 11 is 1.71. The summed E-state index contributed by atoms with van der Waals surface area (Å²) in [7, 11) is 0. The van der Waals surface area contributed by atoms with Crippen LogP contribution in [0.1, 0.15) is 6.92 Å². The predicted molar refractivity (Wildman–Crippen MR) is 57.4 cm³/mol. The van der Waals surface area contributed by atoms with E-state index < -0.39 is 5.91 Å². The number of thioether (sulfide) groups is 1. The molecule has 0 radical (unpaired) electrons. The van der Waals surface area contributed by atoms with Crippen molar-refractivity contribution >= 4 is 22.8 Å². The Morgan fingerprint density at radius 1 is 1.86 bits per heavy atom. The molecule has 1 heterocycles. The molecule has 0 aliphatic carbocycles. The highest BCUT2D eigenvalue weighted by Crippen LogP contribution is 2.12. The van der Waals surface area contributed by atoms with Gasteiger partial charge >= 0.3 is 0 Å². The van der Waals surface area contributed by atoms with E-state index in [1.54, 1.807) is 11.8 Å². The first-order chi connectivity index (χ1) is 6.68. The molecule has 1 aliphatic rings. The molecule has 1 amide bonds. The minimum absolute atomic E-state index is 0.0260. The van der Waals surface area contributed by atoms with E-state index in [-0.39, 0.29) is 6.61 Å². The molecule has 1 rings (SSSR count). The van der Waals surface area contributed by atoms with Gasteiger partial charge in [-0.25, -0.2) is 0 Å². The van der Waals surface area contributed by atoms with E-state index in [1.165, 1.54) is 0 Å². The molecular weight excluding hydrogens is 202 g/mol. The highest BCUT2D eigenvalue weighted by molar-refractivity contribution is 8.14. The molecule has 1 atom stereocenters. The summed E-state index contributed by atoms with van der Waals surface area (Å²) in [5.74, 6) is 0.612. The lowest BCUT2D eigenvalue weighted by atomic mass is 10.4. The van der Waals surface area contributed by atoms with Crippen molar-refractivity contribution in [3.63, 3.8) is 0 Å². The molecule has 1 fully saturated rings. The molecule has 14 heavy (non-hydrogen) atoms. The van der Waals surface area contributed by atoms with Crippen molar-refractivity contribution < 1.29 is 9.53 Å². The third-order valence-electron chi connectivity index (χ3n) is 1.58. The van der Waals surface area contributed by atoms with E-state index in [0.29, 0.717) is 19.2 Å². The molecule has 5 nitrogen and oxygen atoms in total. The lowest BCUT2D eigenvalue weighted by Gasteiger charge is -2.01. The van der Waals surface area contributed by atoms with Crippen molar-refractivity contribution in [1.29, 1.82) is 0 Å². The van der Waals surface area contributed by atoms with Crippen LogP contribution in [0.25, 0.3) is 0 Å². The van der Waals surface area contributed by atoms with Gasteiger partial charge < -0.3 is 15.8 Å². The SMILES string of the molecule is CC1CSC(=NCCOCC(N)=O)N1.